The molecule has 8 heteroatoms. The van der Waals surface area contributed by atoms with Crippen LogP contribution in [0, 0.1) is 12.7 Å². The van der Waals surface area contributed by atoms with E-state index in [9.17, 15) is 9.18 Å². The molecule has 0 aliphatic carbocycles. The standard InChI is InChI=1S/C21H18BrFN2O2S2/c1-3-27-20(26)18-17(13-7-5-4-6-8-13)12(2)29-19(18)25-21(28)24-16-10-9-14(22)11-15(16)23/h4-11H,3H2,1-2H3,(H2,24,25,28). The summed E-state index contributed by atoms with van der Waals surface area (Å²) in [7, 11) is 0. The summed E-state index contributed by atoms with van der Waals surface area (Å²) in [5.41, 5.74) is 2.37. The quantitative estimate of drug-likeness (QED) is 0.310. The van der Waals surface area contributed by atoms with Crippen LogP contribution in [-0.4, -0.2) is 17.7 Å². The van der Waals surface area contributed by atoms with E-state index in [1.54, 1.807) is 19.1 Å². The van der Waals surface area contributed by atoms with Gasteiger partial charge in [-0.1, -0.05) is 46.3 Å². The van der Waals surface area contributed by atoms with Crippen molar-refractivity contribution in [2.24, 2.45) is 0 Å². The van der Waals surface area contributed by atoms with Gasteiger partial charge in [0.1, 0.15) is 16.4 Å². The highest BCUT2D eigenvalue weighted by Gasteiger charge is 2.25. The summed E-state index contributed by atoms with van der Waals surface area (Å²) < 4.78 is 20.0. The number of ether oxygens (including phenoxy) is 1. The summed E-state index contributed by atoms with van der Waals surface area (Å²) in [5, 5.41) is 6.59. The molecule has 0 aliphatic rings. The van der Waals surface area contributed by atoms with E-state index in [2.05, 4.69) is 26.6 Å². The molecule has 0 aliphatic heterocycles. The van der Waals surface area contributed by atoms with Gasteiger partial charge < -0.3 is 15.4 Å². The molecule has 4 nitrogen and oxygen atoms in total. The van der Waals surface area contributed by atoms with Gasteiger partial charge in [-0.2, -0.15) is 0 Å². The van der Waals surface area contributed by atoms with Gasteiger partial charge in [-0.15, -0.1) is 11.3 Å². The largest absolute Gasteiger partial charge is 0.462 e. The smallest absolute Gasteiger partial charge is 0.341 e. The van der Waals surface area contributed by atoms with Crippen molar-refractivity contribution in [2.45, 2.75) is 13.8 Å². The maximum atomic E-state index is 14.1. The van der Waals surface area contributed by atoms with Gasteiger partial charge in [-0.3, -0.25) is 0 Å². The normalized spacial score (nSPS) is 10.5. The van der Waals surface area contributed by atoms with E-state index < -0.39 is 11.8 Å². The van der Waals surface area contributed by atoms with Crippen LogP contribution in [0.2, 0.25) is 0 Å². The fraction of sp³-hybridized carbons (Fsp3) is 0.143. The van der Waals surface area contributed by atoms with E-state index in [1.165, 1.54) is 17.4 Å². The molecule has 2 aromatic carbocycles. The van der Waals surface area contributed by atoms with Crippen molar-refractivity contribution in [3.8, 4) is 11.1 Å². The SMILES string of the molecule is CCOC(=O)c1c(NC(=S)Nc2ccc(Br)cc2F)sc(C)c1-c1ccccc1. The molecule has 0 bridgehead atoms. The number of thiophene rings is 1. The van der Waals surface area contributed by atoms with Gasteiger partial charge in [0.2, 0.25) is 0 Å². The Bertz CT molecular complexity index is 1050. The van der Waals surface area contributed by atoms with Crippen molar-refractivity contribution in [2.75, 3.05) is 17.2 Å². The number of hydrogen-bond acceptors (Lipinski definition) is 4. The Morgan fingerprint density at radius 3 is 2.59 bits per heavy atom. The monoisotopic (exact) mass is 492 g/mol. The number of halogens is 2. The van der Waals surface area contributed by atoms with Gasteiger partial charge >= 0.3 is 5.97 Å². The lowest BCUT2D eigenvalue weighted by molar-refractivity contribution is 0.0529. The fourth-order valence-electron chi connectivity index (χ4n) is 2.83. The van der Waals surface area contributed by atoms with E-state index in [1.807, 2.05) is 37.3 Å². The molecular formula is C21H18BrFN2O2S2. The van der Waals surface area contributed by atoms with Crippen LogP contribution in [0.15, 0.2) is 53.0 Å². The molecule has 1 heterocycles. The fourth-order valence-corrected chi connectivity index (χ4v) is 4.51. The van der Waals surface area contributed by atoms with E-state index in [0.717, 1.165) is 16.0 Å². The van der Waals surface area contributed by atoms with Gasteiger partial charge in [0.05, 0.1) is 12.3 Å². The maximum absolute atomic E-state index is 14.1. The molecule has 0 amide bonds. The van der Waals surface area contributed by atoms with Crippen LogP contribution in [0.1, 0.15) is 22.2 Å². The Morgan fingerprint density at radius 2 is 1.93 bits per heavy atom. The van der Waals surface area contributed by atoms with E-state index in [-0.39, 0.29) is 17.4 Å². The number of carbonyl (C=O) groups excluding carboxylic acids is 1. The zero-order valence-corrected chi connectivity index (χ0v) is 18.9. The predicted octanol–water partition coefficient (Wildman–Crippen LogP) is 6.61. The van der Waals surface area contributed by atoms with E-state index in [4.69, 9.17) is 17.0 Å². The molecule has 0 radical (unpaired) electrons. The topological polar surface area (TPSA) is 50.4 Å². The number of thiocarbonyl (C=S) groups is 1. The number of rotatable bonds is 5. The minimum Gasteiger partial charge on any atom is -0.462 e. The number of esters is 1. The van der Waals surface area contributed by atoms with Crippen LogP contribution < -0.4 is 10.6 Å². The molecule has 0 fully saturated rings. The van der Waals surface area contributed by atoms with Crippen LogP contribution in [0.5, 0.6) is 0 Å². The molecular weight excluding hydrogens is 475 g/mol. The third kappa shape index (κ3) is 5.01. The lowest BCUT2D eigenvalue weighted by Gasteiger charge is -2.12. The first-order chi connectivity index (χ1) is 13.9. The summed E-state index contributed by atoms with van der Waals surface area (Å²) in [6, 6.07) is 14.3. The molecule has 3 aromatic rings. The highest BCUT2D eigenvalue weighted by atomic mass is 79.9. The second kappa shape index (κ2) is 9.47. The van der Waals surface area contributed by atoms with Crippen LogP contribution >= 0.6 is 39.5 Å². The number of aryl methyl sites for hydroxylation is 1. The molecule has 3 rings (SSSR count). The summed E-state index contributed by atoms with van der Waals surface area (Å²) in [6.07, 6.45) is 0. The molecule has 1 aromatic heterocycles. The number of nitrogens with one attached hydrogen (secondary N) is 2. The number of benzene rings is 2. The summed E-state index contributed by atoms with van der Waals surface area (Å²) >= 11 is 9.96. The number of carbonyl (C=O) groups is 1. The molecule has 0 saturated heterocycles. The third-order valence-corrected chi connectivity index (χ3v) is 5.75. The lowest BCUT2D eigenvalue weighted by Crippen LogP contribution is -2.21. The molecule has 29 heavy (non-hydrogen) atoms. The van der Waals surface area contributed by atoms with Gasteiger partial charge in [0.15, 0.2) is 5.11 Å². The molecule has 0 saturated carbocycles. The molecule has 2 N–H and O–H groups in total. The van der Waals surface area contributed by atoms with Crippen molar-refractivity contribution in [1.82, 2.24) is 0 Å². The molecule has 0 atom stereocenters. The summed E-state index contributed by atoms with van der Waals surface area (Å²) in [5.74, 6) is -0.877. The van der Waals surface area contributed by atoms with Gasteiger partial charge in [-0.25, -0.2) is 9.18 Å². The van der Waals surface area contributed by atoms with Crippen LogP contribution in [-0.2, 0) is 4.74 Å². The van der Waals surface area contributed by atoms with Crippen LogP contribution in [0.25, 0.3) is 11.1 Å². The first-order valence-electron chi connectivity index (χ1n) is 8.79. The Balaban J connectivity index is 1.94. The van der Waals surface area contributed by atoms with Crippen LogP contribution in [0.4, 0.5) is 15.1 Å². The molecule has 0 unspecified atom stereocenters. The Labute approximate surface area is 186 Å². The van der Waals surface area contributed by atoms with Gasteiger partial charge in [-0.05, 0) is 49.8 Å². The first-order valence-corrected chi connectivity index (χ1v) is 10.8. The van der Waals surface area contributed by atoms with Gasteiger partial charge in [0, 0.05) is 14.9 Å². The molecule has 0 spiro atoms. The average Bonchev–Trinajstić information content (AvgIpc) is 3.00. The van der Waals surface area contributed by atoms with Crippen molar-refractivity contribution in [1.29, 1.82) is 0 Å². The van der Waals surface area contributed by atoms with Crippen molar-refractivity contribution >= 4 is 61.3 Å². The minimum absolute atomic E-state index is 0.178. The second-order valence-electron chi connectivity index (χ2n) is 6.03. The van der Waals surface area contributed by atoms with Crippen molar-refractivity contribution in [3.63, 3.8) is 0 Å². The van der Waals surface area contributed by atoms with E-state index in [0.29, 0.717) is 15.0 Å². The summed E-state index contributed by atoms with van der Waals surface area (Å²) in [6.45, 7) is 3.95. The van der Waals surface area contributed by atoms with Crippen molar-refractivity contribution < 1.29 is 13.9 Å². The second-order valence-corrected chi connectivity index (χ2v) is 8.58. The van der Waals surface area contributed by atoms with Gasteiger partial charge in [0.25, 0.3) is 0 Å². The van der Waals surface area contributed by atoms with Crippen LogP contribution in [0.3, 0.4) is 0 Å². The average molecular weight is 493 g/mol. The minimum atomic E-state index is -0.443. The Morgan fingerprint density at radius 1 is 1.21 bits per heavy atom. The third-order valence-electron chi connectivity index (χ3n) is 4.03. The molecule has 150 valence electrons. The summed E-state index contributed by atoms with van der Waals surface area (Å²) in [4.78, 5) is 13.7. The first kappa shape index (κ1) is 21.4. The zero-order valence-electron chi connectivity index (χ0n) is 15.7. The Hall–Kier alpha value is -2.29. The predicted molar refractivity (Wildman–Crippen MR) is 124 cm³/mol. The lowest BCUT2D eigenvalue weighted by atomic mass is 10.0. The number of hydrogen-bond donors (Lipinski definition) is 2. The highest BCUT2D eigenvalue weighted by Crippen LogP contribution is 2.40. The van der Waals surface area contributed by atoms with Crippen molar-refractivity contribution in [3.05, 3.63) is 69.3 Å². The zero-order chi connectivity index (χ0) is 21.0. The number of anilines is 2. The highest BCUT2D eigenvalue weighted by molar-refractivity contribution is 9.10. The van der Waals surface area contributed by atoms with E-state index >= 15 is 0 Å². The maximum Gasteiger partial charge on any atom is 0.341 e. The Kier molecular flexibility index (Phi) is 7.00.